The fraction of sp³-hybridized carbons (Fsp3) is 0.154. The third-order valence-electron chi connectivity index (χ3n) is 1.72. The summed E-state index contributed by atoms with van der Waals surface area (Å²) in [6.45, 7) is 3.76. The Morgan fingerprint density at radius 1 is 1.12 bits per heavy atom. The maximum atomic E-state index is 3.76. The van der Waals surface area contributed by atoms with E-state index >= 15 is 0 Å². The second-order valence-electron chi connectivity index (χ2n) is 2.74. The average Bonchev–Trinajstić information content (AvgIpc) is 2.77. The summed E-state index contributed by atoms with van der Waals surface area (Å²) in [4.78, 5) is 0. The first-order chi connectivity index (χ1) is 6.43. The van der Waals surface area contributed by atoms with Crippen molar-refractivity contribution in [2.24, 2.45) is 0 Å². The van der Waals surface area contributed by atoms with Crippen molar-refractivity contribution in [1.82, 2.24) is 0 Å². The molecule has 0 unspecified atom stereocenters. The number of rotatable bonds is 1. The summed E-state index contributed by atoms with van der Waals surface area (Å²) in [6, 6.07) is 10.2. The van der Waals surface area contributed by atoms with Gasteiger partial charge in [-0.3, -0.25) is 6.08 Å². The second-order valence-corrected chi connectivity index (χ2v) is 2.74. The molecular formula is C13H14Cl2Ti. The predicted molar refractivity (Wildman–Crippen MR) is 57.1 cm³/mol. The summed E-state index contributed by atoms with van der Waals surface area (Å²) in [7, 11) is 0. The molecule has 2 rings (SSSR count). The Kier molecular flexibility index (Phi) is 20.0. The molecular weight excluding hydrogens is 275 g/mol. The Morgan fingerprint density at radius 3 is 2.00 bits per heavy atom. The van der Waals surface area contributed by atoms with Crippen molar-refractivity contribution in [3.8, 4) is 0 Å². The van der Waals surface area contributed by atoms with Crippen molar-refractivity contribution in [3.63, 3.8) is 0 Å². The largest absolute Gasteiger partial charge is 4.00 e. The van der Waals surface area contributed by atoms with E-state index in [-0.39, 0.29) is 46.5 Å². The fourth-order valence-electron chi connectivity index (χ4n) is 0.985. The minimum Gasteiger partial charge on any atom is -1.00 e. The number of benzene rings is 1. The van der Waals surface area contributed by atoms with Gasteiger partial charge in [0.15, 0.2) is 0 Å². The zero-order chi connectivity index (χ0) is 9.36. The summed E-state index contributed by atoms with van der Waals surface area (Å²) in [6.07, 6.45) is 10.9. The van der Waals surface area contributed by atoms with Gasteiger partial charge in [0.05, 0.1) is 0 Å². The molecule has 0 aliphatic heterocycles. The van der Waals surface area contributed by atoms with E-state index in [1.165, 1.54) is 5.56 Å². The van der Waals surface area contributed by atoms with Crippen LogP contribution in [-0.4, -0.2) is 0 Å². The van der Waals surface area contributed by atoms with Crippen molar-refractivity contribution in [2.75, 3.05) is 0 Å². The molecule has 0 amide bonds. The quantitative estimate of drug-likeness (QED) is 0.392. The van der Waals surface area contributed by atoms with E-state index in [0.29, 0.717) is 0 Å². The third-order valence-corrected chi connectivity index (χ3v) is 1.72. The predicted octanol–water partition coefficient (Wildman–Crippen LogP) is -2.63. The summed E-state index contributed by atoms with van der Waals surface area (Å²) >= 11 is 0. The topological polar surface area (TPSA) is 0 Å². The zero-order valence-electron chi connectivity index (χ0n) is 9.00. The van der Waals surface area contributed by atoms with Gasteiger partial charge in [0, 0.05) is 0 Å². The van der Waals surface area contributed by atoms with E-state index in [9.17, 15) is 0 Å². The second kappa shape index (κ2) is 15.0. The van der Waals surface area contributed by atoms with Gasteiger partial charge in [-0.1, -0.05) is 35.9 Å². The van der Waals surface area contributed by atoms with Crippen molar-refractivity contribution < 1.29 is 46.5 Å². The van der Waals surface area contributed by atoms with Gasteiger partial charge in [0.25, 0.3) is 0 Å². The normalized spacial score (nSPS) is 10.1. The van der Waals surface area contributed by atoms with Crippen molar-refractivity contribution >= 4 is 0 Å². The van der Waals surface area contributed by atoms with Crippen molar-refractivity contribution in [1.29, 1.82) is 0 Å². The van der Waals surface area contributed by atoms with Gasteiger partial charge >= 0.3 is 21.7 Å². The van der Waals surface area contributed by atoms with Gasteiger partial charge in [0.1, 0.15) is 0 Å². The Labute approximate surface area is 126 Å². The van der Waals surface area contributed by atoms with Crippen LogP contribution in [0.2, 0.25) is 0 Å². The SMILES string of the molecule is [C-]1=CC=CC1.[CH2-]Cc1ccccc1.[Cl-].[Cl-].[Ti+4]. The number of hydrogen-bond acceptors (Lipinski definition) is 0. The van der Waals surface area contributed by atoms with Crippen LogP contribution in [0.3, 0.4) is 0 Å². The number of hydrogen-bond donors (Lipinski definition) is 0. The maximum absolute atomic E-state index is 3.76. The Hall–Kier alpha value is -0.00571. The molecule has 0 fully saturated rings. The van der Waals surface area contributed by atoms with Gasteiger partial charge in [0.2, 0.25) is 0 Å². The van der Waals surface area contributed by atoms with E-state index < -0.39 is 0 Å². The van der Waals surface area contributed by atoms with Crippen LogP contribution in [0.15, 0.2) is 48.6 Å². The molecule has 0 nitrogen and oxygen atoms in total. The van der Waals surface area contributed by atoms with Crippen LogP contribution in [0, 0.1) is 13.0 Å². The Morgan fingerprint density at radius 2 is 1.75 bits per heavy atom. The van der Waals surface area contributed by atoms with E-state index in [4.69, 9.17) is 0 Å². The molecule has 0 spiro atoms. The van der Waals surface area contributed by atoms with Crippen LogP contribution in [0.5, 0.6) is 0 Å². The first-order valence-electron chi connectivity index (χ1n) is 4.48. The monoisotopic (exact) mass is 288 g/mol. The average molecular weight is 289 g/mol. The molecule has 0 radical (unpaired) electrons. The molecule has 0 saturated carbocycles. The molecule has 0 saturated heterocycles. The third kappa shape index (κ3) is 10.5. The molecule has 84 valence electrons. The maximum Gasteiger partial charge on any atom is 4.00 e. The van der Waals surface area contributed by atoms with Crippen molar-refractivity contribution in [2.45, 2.75) is 12.8 Å². The van der Waals surface area contributed by atoms with Crippen LogP contribution in [0.1, 0.15) is 12.0 Å². The van der Waals surface area contributed by atoms with Crippen LogP contribution < -0.4 is 24.8 Å². The minimum absolute atomic E-state index is 0. The summed E-state index contributed by atoms with van der Waals surface area (Å²) in [5.74, 6) is 0. The molecule has 1 aliphatic carbocycles. The van der Waals surface area contributed by atoms with E-state index in [0.717, 1.165) is 12.8 Å². The Bertz CT molecular complexity index is 271. The number of allylic oxidation sites excluding steroid dienone is 4. The molecule has 0 heterocycles. The van der Waals surface area contributed by atoms with Crippen LogP contribution in [-0.2, 0) is 28.1 Å². The summed E-state index contributed by atoms with van der Waals surface area (Å²) in [5.41, 5.74) is 1.30. The first kappa shape index (κ1) is 21.3. The molecule has 1 aromatic rings. The van der Waals surface area contributed by atoms with E-state index in [1.54, 1.807) is 0 Å². The van der Waals surface area contributed by atoms with Gasteiger partial charge in [-0.15, -0.1) is 6.42 Å². The molecule has 1 aliphatic rings. The van der Waals surface area contributed by atoms with E-state index in [1.807, 2.05) is 30.4 Å². The summed E-state index contributed by atoms with van der Waals surface area (Å²) in [5, 5.41) is 0. The van der Waals surface area contributed by atoms with Crippen LogP contribution in [0.4, 0.5) is 0 Å². The first-order valence-corrected chi connectivity index (χ1v) is 4.48. The summed E-state index contributed by atoms with van der Waals surface area (Å²) < 4.78 is 0. The minimum atomic E-state index is 0. The smallest absolute Gasteiger partial charge is 1.00 e. The van der Waals surface area contributed by atoms with E-state index in [2.05, 4.69) is 31.2 Å². The van der Waals surface area contributed by atoms with Crippen LogP contribution >= 0.6 is 0 Å². The van der Waals surface area contributed by atoms with Gasteiger partial charge in [-0.05, 0) is 0 Å². The molecule has 3 heteroatoms. The van der Waals surface area contributed by atoms with Crippen molar-refractivity contribution in [3.05, 3.63) is 67.1 Å². The van der Waals surface area contributed by atoms with Gasteiger partial charge in [-0.2, -0.15) is 12.5 Å². The Balaban J connectivity index is -0.000000189. The molecule has 0 N–H and O–H groups in total. The molecule has 0 atom stereocenters. The molecule has 0 bridgehead atoms. The van der Waals surface area contributed by atoms with Gasteiger partial charge in [-0.25, -0.2) is 12.2 Å². The fourth-order valence-corrected chi connectivity index (χ4v) is 0.985. The molecule has 16 heavy (non-hydrogen) atoms. The van der Waals surface area contributed by atoms with Crippen LogP contribution in [0.25, 0.3) is 0 Å². The molecule has 1 aromatic carbocycles. The van der Waals surface area contributed by atoms with Gasteiger partial charge < -0.3 is 31.7 Å². The molecule has 0 aromatic heterocycles. The standard InChI is InChI=1S/C8H9.C5H5.2ClH.Ti/c1-2-8-6-4-3-5-7-8;1-2-4-5-3-1;;;/h3-7H,1-2H2;1-3H,4H2;2*1H;/q2*-1;;;+4/p-2. The number of halogens is 2. The zero-order valence-corrected chi connectivity index (χ0v) is 12.1.